The van der Waals surface area contributed by atoms with Crippen LogP contribution < -0.4 is 10.6 Å². The molecule has 2 heterocycles. The Kier molecular flexibility index (Phi) is 3.92. The molecule has 2 unspecified atom stereocenters. The van der Waals surface area contributed by atoms with Gasteiger partial charge >= 0.3 is 0 Å². The van der Waals surface area contributed by atoms with E-state index in [9.17, 15) is 0 Å². The molecule has 2 atom stereocenters. The molecule has 2 aliphatic heterocycles. The van der Waals surface area contributed by atoms with E-state index in [-0.39, 0.29) is 6.04 Å². The van der Waals surface area contributed by atoms with E-state index in [1.54, 1.807) is 0 Å². The van der Waals surface area contributed by atoms with Gasteiger partial charge < -0.3 is 15.5 Å². The van der Waals surface area contributed by atoms with Crippen molar-refractivity contribution in [2.75, 3.05) is 19.6 Å². The van der Waals surface area contributed by atoms with Gasteiger partial charge in [-0.3, -0.25) is 0 Å². The minimum atomic E-state index is 0.248. The average molecular weight is 272 g/mol. The molecule has 2 N–H and O–H groups in total. The fourth-order valence-corrected chi connectivity index (χ4v) is 3.03. The van der Waals surface area contributed by atoms with E-state index in [2.05, 4.69) is 59.9 Å². The van der Waals surface area contributed by atoms with Gasteiger partial charge in [0.05, 0.1) is 11.8 Å². The third-order valence-electron chi connectivity index (χ3n) is 3.97. The van der Waals surface area contributed by atoms with E-state index in [1.807, 2.05) is 0 Å². The van der Waals surface area contributed by atoms with Gasteiger partial charge in [-0.15, -0.1) is 0 Å². The van der Waals surface area contributed by atoms with E-state index in [0.29, 0.717) is 6.04 Å². The maximum Gasteiger partial charge on any atom is 0.144 e. The van der Waals surface area contributed by atoms with Gasteiger partial charge in [0.15, 0.2) is 0 Å². The maximum atomic E-state index is 4.82. The molecule has 1 aliphatic carbocycles. The SMILES string of the molecule is CC(C)CC1CN(C2=CNC3C=CC=CC3=N2)CCN1. The summed E-state index contributed by atoms with van der Waals surface area (Å²) >= 11 is 0. The second-order valence-corrected chi connectivity index (χ2v) is 6.15. The standard InChI is InChI=1S/C16H24N4/c1-12(2)9-13-11-20(8-7-17-13)16-10-18-14-5-3-4-6-15(14)19-16/h3-6,10,12-14,17-18H,7-9,11H2,1-2H3. The van der Waals surface area contributed by atoms with Crippen molar-refractivity contribution >= 4 is 5.71 Å². The van der Waals surface area contributed by atoms with Crippen LogP contribution in [-0.2, 0) is 0 Å². The third-order valence-corrected chi connectivity index (χ3v) is 3.97. The zero-order chi connectivity index (χ0) is 13.9. The molecule has 1 fully saturated rings. The van der Waals surface area contributed by atoms with Crippen molar-refractivity contribution in [3.05, 3.63) is 36.3 Å². The zero-order valence-electron chi connectivity index (χ0n) is 12.3. The minimum Gasteiger partial charge on any atom is -0.376 e. The van der Waals surface area contributed by atoms with Crippen molar-refractivity contribution in [2.24, 2.45) is 10.9 Å². The predicted octanol–water partition coefficient (Wildman–Crippen LogP) is 1.64. The van der Waals surface area contributed by atoms with Crippen LogP contribution in [0.1, 0.15) is 20.3 Å². The van der Waals surface area contributed by atoms with E-state index in [0.717, 1.165) is 37.1 Å². The van der Waals surface area contributed by atoms with Crippen LogP contribution in [0.15, 0.2) is 41.3 Å². The molecule has 4 nitrogen and oxygen atoms in total. The molecule has 3 aliphatic rings. The molecule has 0 bridgehead atoms. The lowest BCUT2D eigenvalue weighted by Gasteiger charge is -2.37. The summed E-state index contributed by atoms with van der Waals surface area (Å²) < 4.78 is 0. The highest BCUT2D eigenvalue weighted by Gasteiger charge is 2.24. The van der Waals surface area contributed by atoms with Gasteiger partial charge in [-0.2, -0.15) is 0 Å². The van der Waals surface area contributed by atoms with Crippen molar-refractivity contribution in [3.63, 3.8) is 0 Å². The Morgan fingerprint density at radius 2 is 2.30 bits per heavy atom. The molecule has 108 valence electrons. The van der Waals surface area contributed by atoms with Crippen molar-refractivity contribution in [2.45, 2.75) is 32.4 Å². The van der Waals surface area contributed by atoms with Crippen molar-refractivity contribution in [1.29, 1.82) is 0 Å². The quantitative estimate of drug-likeness (QED) is 0.820. The van der Waals surface area contributed by atoms with Crippen molar-refractivity contribution < 1.29 is 0 Å². The van der Waals surface area contributed by atoms with Crippen LogP contribution in [0.4, 0.5) is 0 Å². The Bertz CT molecular complexity index is 473. The number of fused-ring (bicyclic) bond motifs is 1. The molecule has 4 heteroatoms. The summed E-state index contributed by atoms with van der Waals surface area (Å²) in [5, 5.41) is 7.04. The molecule has 0 aromatic rings. The number of aliphatic imine (C=N–C) groups is 1. The number of rotatable bonds is 3. The highest BCUT2D eigenvalue weighted by molar-refractivity contribution is 6.03. The van der Waals surface area contributed by atoms with Gasteiger partial charge in [0.25, 0.3) is 0 Å². The Balaban J connectivity index is 1.67. The number of nitrogens with one attached hydrogen (secondary N) is 2. The fraction of sp³-hybridized carbons (Fsp3) is 0.562. The molecule has 1 saturated heterocycles. The van der Waals surface area contributed by atoms with Gasteiger partial charge in [0.1, 0.15) is 5.82 Å². The second kappa shape index (κ2) is 5.83. The van der Waals surface area contributed by atoms with Crippen LogP contribution >= 0.6 is 0 Å². The number of nitrogens with zero attached hydrogens (tertiary/aromatic N) is 2. The number of piperazine rings is 1. The summed E-state index contributed by atoms with van der Waals surface area (Å²) in [6.07, 6.45) is 11.6. The third kappa shape index (κ3) is 2.96. The lowest BCUT2D eigenvalue weighted by Crippen LogP contribution is -2.51. The molecule has 0 radical (unpaired) electrons. The second-order valence-electron chi connectivity index (χ2n) is 6.15. The maximum absolute atomic E-state index is 4.82. The zero-order valence-corrected chi connectivity index (χ0v) is 12.3. The smallest absolute Gasteiger partial charge is 0.144 e. The predicted molar refractivity (Wildman–Crippen MR) is 83.5 cm³/mol. The molecule has 0 aromatic carbocycles. The summed E-state index contributed by atoms with van der Waals surface area (Å²) in [5.41, 5.74) is 1.11. The Labute approximate surface area is 121 Å². The summed E-state index contributed by atoms with van der Waals surface area (Å²) in [6.45, 7) is 7.69. The summed E-state index contributed by atoms with van der Waals surface area (Å²) in [6, 6.07) is 0.822. The first-order valence-corrected chi connectivity index (χ1v) is 7.60. The van der Waals surface area contributed by atoms with Crippen LogP contribution in [0.3, 0.4) is 0 Å². The van der Waals surface area contributed by atoms with Crippen LogP contribution in [0.25, 0.3) is 0 Å². The highest BCUT2D eigenvalue weighted by atomic mass is 15.3. The van der Waals surface area contributed by atoms with Crippen molar-refractivity contribution in [1.82, 2.24) is 15.5 Å². The highest BCUT2D eigenvalue weighted by Crippen LogP contribution is 2.18. The Hall–Kier alpha value is -1.55. The molecule has 0 spiro atoms. The molecular weight excluding hydrogens is 248 g/mol. The Morgan fingerprint density at radius 1 is 1.40 bits per heavy atom. The lowest BCUT2D eigenvalue weighted by molar-refractivity contribution is 0.224. The van der Waals surface area contributed by atoms with E-state index >= 15 is 0 Å². The van der Waals surface area contributed by atoms with Gasteiger partial charge in [0.2, 0.25) is 0 Å². The topological polar surface area (TPSA) is 39.7 Å². The first kappa shape index (κ1) is 13.4. The summed E-state index contributed by atoms with van der Waals surface area (Å²) in [4.78, 5) is 7.21. The van der Waals surface area contributed by atoms with Gasteiger partial charge in [-0.05, 0) is 18.4 Å². The van der Waals surface area contributed by atoms with Gasteiger partial charge in [-0.25, -0.2) is 4.99 Å². The lowest BCUT2D eigenvalue weighted by atomic mass is 10.0. The van der Waals surface area contributed by atoms with Crippen LogP contribution in [0.2, 0.25) is 0 Å². The summed E-state index contributed by atoms with van der Waals surface area (Å²) in [7, 11) is 0. The van der Waals surface area contributed by atoms with E-state index < -0.39 is 0 Å². The molecule has 0 amide bonds. The van der Waals surface area contributed by atoms with E-state index in [1.165, 1.54) is 6.42 Å². The number of hydrogen-bond acceptors (Lipinski definition) is 4. The first-order valence-electron chi connectivity index (χ1n) is 7.60. The number of allylic oxidation sites excluding steroid dienone is 2. The molecular formula is C16H24N4. The average Bonchev–Trinajstić information content (AvgIpc) is 2.46. The summed E-state index contributed by atoms with van der Waals surface area (Å²) in [5.74, 6) is 1.81. The molecule has 20 heavy (non-hydrogen) atoms. The normalized spacial score (nSPS) is 28.9. The van der Waals surface area contributed by atoms with Crippen LogP contribution in [0, 0.1) is 5.92 Å². The molecule has 0 aromatic heterocycles. The molecule has 0 saturated carbocycles. The molecule has 3 rings (SSSR count). The monoisotopic (exact) mass is 272 g/mol. The Morgan fingerprint density at radius 3 is 3.15 bits per heavy atom. The van der Waals surface area contributed by atoms with Crippen LogP contribution in [0.5, 0.6) is 0 Å². The van der Waals surface area contributed by atoms with E-state index in [4.69, 9.17) is 4.99 Å². The van der Waals surface area contributed by atoms with Crippen molar-refractivity contribution in [3.8, 4) is 0 Å². The largest absolute Gasteiger partial charge is 0.376 e. The van der Waals surface area contributed by atoms with Crippen LogP contribution in [-0.4, -0.2) is 42.3 Å². The van der Waals surface area contributed by atoms with Gasteiger partial charge in [0, 0.05) is 31.9 Å². The minimum absolute atomic E-state index is 0.248. The van der Waals surface area contributed by atoms with Gasteiger partial charge in [-0.1, -0.05) is 32.1 Å². The number of hydrogen-bond donors (Lipinski definition) is 2. The fourth-order valence-electron chi connectivity index (χ4n) is 3.03. The first-order chi connectivity index (χ1) is 9.72.